The summed E-state index contributed by atoms with van der Waals surface area (Å²) in [6.45, 7) is 0.601. The highest BCUT2D eigenvalue weighted by Gasteiger charge is 2.37. The summed E-state index contributed by atoms with van der Waals surface area (Å²) in [6, 6.07) is 0.625. The number of aromatic nitrogens is 5. The average molecular weight is 574 g/mol. The van der Waals surface area contributed by atoms with E-state index in [0.29, 0.717) is 16.8 Å². The minimum absolute atomic E-state index is 0.332. The third kappa shape index (κ3) is 5.94. The zero-order valence-electron chi connectivity index (χ0n) is 20.2. The zero-order chi connectivity index (χ0) is 29.4. The fourth-order valence-electron chi connectivity index (χ4n) is 4.05. The van der Waals surface area contributed by atoms with Crippen molar-refractivity contribution in [2.24, 2.45) is 0 Å². The smallest absolute Gasteiger partial charge is 0.381 e. The van der Waals surface area contributed by atoms with Gasteiger partial charge in [-0.25, -0.2) is 37.0 Å². The summed E-state index contributed by atoms with van der Waals surface area (Å²) in [6.07, 6.45) is -7.26. The second-order valence-corrected chi connectivity index (χ2v) is 8.82. The largest absolute Gasteiger partial charge is 0.423 e. The van der Waals surface area contributed by atoms with Crippen molar-refractivity contribution in [1.29, 1.82) is 0 Å². The lowest BCUT2D eigenvalue weighted by molar-refractivity contribution is -0.138. The van der Waals surface area contributed by atoms with Gasteiger partial charge in [0.25, 0.3) is 17.5 Å². The van der Waals surface area contributed by atoms with Gasteiger partial charge in [-0.1, -0.05) is 0 Å². The second kappa shape index (κ2) is 11.0. The maximum Gasteiger partial charge on any atom is 0.423 e. The van der Waals surface area contributed by atoms with Gasteiger partial charge in [-0.15, -0.1) is 0 Å². The third-order valence-corrected chi connectivity index (χ3v) is 5.84. The number of hydrogen-bond donors (Lipinski definition) is 2. The number of benzene rings is 1. The fourth-order valence-corrected chi connectivity index (χ4v) is 4.05. The molecule has 1 aromatic carbocycles. The molecule has 2 atom stereocenters. The van der Waals surface area contributed by atoms with Crippen LogP contribution in [0.1, 0.15) is 30.9 Å². The first-order chi connectivity index (χ1) is 18.8. The van der Waals surface area contributed by atoms with E-state index in [-0.39, 0.29) is 16.8 Å². The van der Waals surface area contributed by atoms with Crippen LogP contribution in [-0.4, -0.2) is 36.9 Å². The second-order valence-electron chi connectivity index (χ2n) is 8.82. The molecular formula is C24H18F8N6O2. The molecule has 16 heteroatoms. The molecule has 212 valence electrons. The van der Waals surface area contributed by atoms with Crippen LogP contribution < -0.4 is 16.4 Å². The lowest BCUT2D eigenvalue weighted by atomic mass is 10.1. The zero-order valence-corrected chi connectivity index (χ0v) is 20.2. The first kappa shape index (κ1) is 28.6. The van der Waals surface area contributed by atoms with Crippen molar-refractivity contribution >= 4 is 16.5 Å². The van der Waals surface area contributed by atoms with E-state index in [1.54, 1.807) is 5.10 Å². The monoisotopic (exact) mass is 574 g/mol. The van der Waals surface area contributed by atoms with Crippen molar-refractivity contribution in [1.82, 2.24) is 24.7 Å². The van der Waals surface area contributed by atoms with E-state index < -0.39 is 82.7 Å². The fraction of sp³-hybridized carbons (Fsp3) is 0.292. The Balaban J connectivity index is 1.55. The molecule has 0 bridgehead atoms. The molecule has 0 fully saturated rings. The lowest BCUT2D eigenvalue weighted by Gasteiger charge is -2.20. The number of alkyl halides is 6. The first-order valence-electron chi connectivity index (χ1n) is 11.4. The molecule has 8 nitrogen and oxygen atoms in total. The van der Waals surface area contributed by atoms with Crippen molar-refractivity contribution in [2.45, 2.75) is 44.7 Å². The number of H-pyrrole nitrogens is 1. The van der Waals surface area contributed by atoms with Gasteiger partial charge < -0.3 is 9.88 Å². The van der Waals surface area contributed by atoms with Crippen molar-refractivity contribution in [2.75, 3.05) is 5.32 Å². The van der Waals surface area contributed by atoms with E-state index in [1.165, 1.54) is 6.92 Å². The van der Waals surface area contributed by atoms with E-state index >= 15 is 0 Å². The SMILES string of the molecule is CC(CC(F)Cn1cc(F)c2cc(-c3ncc(C(F)F)cn3)c(F)cc2c1=O)Nc1cn[nH]c(=O)c1C(F)(F)F. The Labute approximate surface area is 218 Å². The Morgan fingerprint density at radius 2 is 1.68 bits per heavy atom. The van der Waals surface area contributed by atoms with Crippen LogP contribution in [0, 0.1) is 11.6 Å². The van der Waals surface area contributed by atoms with Gasteiger partial charge in [0.2, 0.25) is 0 Å². The van der Waals surface area contributed by atoms with Gasteiger partial charge in [-0.3, -0.25) is 9.59 Å². The van der Waals surface area contributed by atoms with Gasteiger partial charge in [0.1, 0.15) is 23.4 Å². The molecule has 0 amide bonds. The number of halogens is 8. The van der Waals surface area contributed by atoms with E-state index in [2.05, 4.69) is 20.4 Å². The molecule has 0 saturated heterocycles. The topological polar surface area (TPSA) is 106 Å². The lowest BCUT2D eigenvalue weighted by Crippen LogP contribution is -2.30. The van der Waals surface area contributed by atoms with Crippen LogP contribution in [0.3, 0.4) is 0 Å². The predicted molar refractivity (Wildman–Crippen MR) is 127 cm³/mol. The quantitative estimate of drug-likeness (QED) is 0.287. The molecule has 40 heavy (non-hydrogen) atoms. The molecule has 3 aromatic heterocycles. The van der Waals surface area contributed by atoms with Gasteiger partial charge in [0.15, 0.2) is 5.82 Å². The predicted octanol–water partition coefficient (Wildman–Crippen LogP) is 5.01. The minimum Gasteiger partial charge on any atom is -0.381 e. The molecule has 4 rings (SSSR count). The molecule has 0 aliphatic rings. The number of nitrogens with zero attached hydrogens (tertiary/aromatic N) is 4. The standard InChI is InChI=1S/C24H18F8N6O2/c1-10(36-18-7-35-37-22(39)19(18)24(30,31)32)2-12(25)8-38-9-17(27)13-3-15(16(26)4-14(13)23(38)40)21-33-5-11(6-34-21)20(28)29/h3-7,9-10,12,20H,2,8H2,1H3,(H2,36,37,39). The summed E-state index contributed by atoms with van der Waals surface area (Å²) in [5.74, 6) is -2.43. The molecule has 0 aliphatic heterocycles. The summed E-state index contributed by atoms with van der Waals surface area (Å²) >= 11 is 0. The number of rotatable bonds is 8. The van der Waals surface area contributed by atoms with E-state index in [0.717, 1.165) is 24.7 Å². The van der Waals surface area contributed by atoms with Crippen molar-refractivity contribution < 1.29 is 35.1 Å². The molecule has 0 saturated carbocycles. The Bertz CT molecular complexity index is 1650. The Hall–Kier alpha value is -4.37. The first-order valence-corrected chi connectivity index (χ1v) is 11.4. The van der Waals surface area contributed by atoms with Crippen LogP contribution in [0.15, 0.2) is 46.5 Å². The molecule has 3 heterocycles. The van der Waals surface area contributed by atoms with Crippen molar-refractivity contribution in [3.05, 3.63) is 80.4 Å². The number of anilines is 1. The Morgan fingerprint density at radius 1 is 1.00 bits per heavy atom. The Morgan fingerprint density at radius 3 is 2.30 bits per heavy atom. The Kier molecular flexibility index (Phi) is 7.88. The van der Waals surface area contributed by atoms with Crippen LogP contribution in [0.25, 0.3) is 22.2 Å². The molecular weight excluding hydrogens is 556 g/mol. The molecule has 0 spiro atoms. The van der Waals surface area contributed by atoms with Crippen LogP contribution in [0.2, 0.25) is 0 Å². The minimum atomic E-state index is -5.01. The molecule has 0 radical (unpaired) electrons. The number of nitrogens with one attached hydrogen (secondary N) is 2. The van der Waals surface area contributed by atoms with E-state index in [4.69, 9.17) is 0 Å². The number of aromatic amines is 1. The number of hydrogen-bond acceptors (Lipinski definition) is 6. The van der Waals surface area contributed by atoms with Crippen LogP contribution >= 0.6 is 0 Å². The maximum atomic E-state index is 14.9. The van der Waals surface area contributed by atoms with E-state index in [9.17, 15) is 44.7 Å². The van der Waals surface area contributed by atoms with Crippen LogP contribution in [0.4, 0.5) is 40.8 Å². The van der Waals surface area contributed by atoms with Gasteiger partial charge in [0.05, 0.1) is 34.9 Å². The number of pyridine rings is 1. The number of fused-ring (bicyclic) bond motifs is 1. The summed E-state index contributed by atoms with van der Waals surface area (Å²) < 4.78 is 110. The van der Waals surface area contributed by atoms with Crippen LogP contribution in [-0.2, 0) is 12.7 Å². The van der Waals surface area contributed by atoms with Gasteiger partial charge in [0, 0.05) is 36.4 Å². The maximum absolute atomic E-state index is 14.9. The average Bonchev–Trinajstić information content (AvgIpc) is 2.86. The van der Waals surface area contributed by atoms with Gasteiger partial charge in [-0.2, -0.15) is 18.3 Å². The summed E-state index contributed by atoms with van der Waals surface area (Å²) in [4.78, 5) is 31.8. The van der Waals surface area contributed by atoms with Gasteiger partial charge in [-0.05, 0) is 19.1 Å². The summed E-state index contributed by atoms with van der Waals surface area (Å²) in [5, 5.41) is 6.53. The highest BCUT2D eigenvalue weighted by Crippen LogP contribution is 2.32. The highest BCUT2D eigenvalue weighted by molar-refractivity contribution is 5.86. The highest BCUT2D eigenvalue weighted by atomic mass is 19.4. The summed E-state index contributed by atoms with van der Waals surface area (Å²) in [7, 11) is 0. The van der Waals surface area contributed by atoms with Gasteiger partial charge >= 0.3 is 6.18 Å². The molecule has 2 unspecified atom stereocenters. The molecule has 2 N–H and O–H groups in total. The van der Waals surface area contributed by atoms with Crippen LogP contribution in [0.5, 0.6) is 0 Å². The molecule has 4 aromatic rings. The van der Waals surface area contributed by atoms with Crippen molar-refractivity contribution in [3.63, 3.8) is 0 Å². The summed E-state index contributed by atoms with van der Waals surface area (Å²) in [5.41, 5.74) is -5.55. The normalized spacial score (nSPS) is 13.6. The van der Waals surface area contributed by atoms with E-state index in [1.807, 2.05) is 0 Å². The third-order valence-electron chi connectivity index (χ3n) is 5.84. The van der Waals surface area contributed by atoms with Crippen molar-refractivity contribution in [3.8, 4) is 11.4 Å². The molecule has 0 aliphatic carbocycles.